The Morgan fingerprint density at radius 1 is 1.00 bits per heavy atom. The molecule has 4 rings (SSSR count). The van der Waals surface area contributed by atoms with Crippen molar-refractivity contribution in [3.8, 4) is 11.4 Å². The number of nitrogens with zero attached hydrogens (tertiary/aromatic N) is 3. The van der Waals surface area contributed by atoms with E-state index in [2.05, 4.69) is 26.1 Å². The molecule has 0 bridgehead atoms. The van der Waals surface area contributed by atoms with Gasteiger partial charge in [0, 0.05) is 10.0 Å². The van der Waals surface area contributed by atoms with Crippen molar-refractivity contribution in [2.45, 2.75) is 0 Å². The Balaban J connectivity index is 1.91. The Kier molecular flexibility index (Phi) is 3.55. The van der Waals surface area contributed by atoms with E-state index in [1.54, 1.807) is 4.40 Å². The molecule has 2 heterocycles. The van der Waals surface area contributed by atoms with Crippen molar-refractivity contribution in [1.29, 1.82) is 0 Å². The Labute approximate surface area is 143 Å². The van der Waals surface area contributed by atoms with E-state index in [-0.39, 0.29) is 5.56 Å². The number of halogens is 1. The van der Waals surface area contributed by atoms with Crippen LogP contribution in [0.5, 0.6) is 0 Å². The normalized spacial score (nSPS) is 12.1. The first-order chi connectivity index (χ1) is 11.2. The maximum absolute atomic E-state index is 12.7. The number of benzene rings is 2. The van der Waals surface area contributed by atoms with Crippen LogP contribution in [0.4, 0.5) is 0 Å². The van der Waals surface area contributed by atoms with Gasteiger partial charge in [0.25, 0.3) is 5.56 Å². The molecule has 112 valence electrons. The van der Waals surface area contributed by atoms with Crippen LogP contribution < -0.4 is 10.1 Å². The van der Waals surface area contributed by atoms with Crippen molar-refractivity contribution in [2.75, 3.05) is 0 Å². The number of hydrogen-bond acceptors (Lipinski definition) is 4. The molecule has 0 amide bonds. The summed E-state index contributed by atoms with van der Waals surface area (Å²) in [6.45, 7) is 0. The van der Waals surface area contributed by atoms with Gasteiger partial charge in [-0.1, -0.05) is 69.7 Å². The zero-order chi connectivity index (χ0) is 15.8. The fourth-order valence-electron chi connectivity index (χ4n) is 2.35. The lowest BCUT2D eigenvalue weighted by molar-refractivity contribution is 1.09. The molecule has 4 nitrogen and oxygen atoms in total. The van der Waals surface area contributed by atoms with Gasteiger partial charge in [0.05, 0.1) is 4.53 Å². The molecule has 0 atom stereocenters. The molecule has 0 saturated carbocycles. The van der Waals surface area contributed by atoms with Crippen LogP contribution in [-0.2, 0) is 0 Å². The van der Waals surface area contributed by atoms with Gasteiger partial charge in [-0.2, -0.15) is 0 Å². The Morgan fingerprint density at radius 2 is 1.74 bits per heavy atom. The Bertz CT molecular complexity index is 1080. The molecule has 0 aliphatic heterocycles. The van der Waals surface area contributed by atoms with Crippen molar-refractivity contribution in [3.63, 3.8) is 0 Å². The minimum atomic E-state index is -0.0863. The van der Waals surface area contributed by atoms with Crippen molar-refractivity contribution in [3.05, 3.63) is 79.5 Å². The average Bonchev–Trinajstić information content (AvgIpc) is 3.12. The lowest BCUT2D eigenvalue weighted by atomic mass is 10.2. The predicted molar refractivity (Wildman–Crippen MR) is 95.5 cm³/mol. The molecule has 0 spiro atoms. The van der Waals surface area contributed by atoms with Gasteiger partial charge in [0.2, 0.25) is 4.96 Å². The maximum Gasteiger partial charge on any atom is 0.276 e. The van der Waals surface area contributed by atoms with Crippen LogP contribution in [0.15, 0.2) is 63.9 Å². The lowest BCUT2D eigenvalue weighted by Gasteiger charge is -1.95. The average molecular weight is 384 g/mol. The highest BCUT2D eigenvalue weighted by atomic mass is 79.9. The van der Waals surface area contributed by atoms with Crippen LogP contribution in [0.2, 0.25) is 0 Å². The van der Waals surface area contributed by atoms with E-state index in [1.165, 1.54) is 11.3 Å². The smallest absolute Gasteiger partial charge is 0.267 e. The molecule has 23 heavy (non-hydrogen) atoms. The van der Waals surface area contributed by atoms with Crippen LogP contribution in [0.3, 0.4) is 0 Å². The van der Waals surface area contributed by atoms with Gasteiger partial charge >= 0.3 is 0 Å². The van der Waals surface area contributed by atoms with Gasteiger partial charge in [-0.25, -0.2) is 4.40 Å². The summed E-state index contributed by atoms with van der Waals surface area (Å²) in [6, 6.07) is 17.4. The van der Waals surface area contributed by atoms with Gasteiger partial charge < -0.3 is 0 Å². The van der Waals surface area contributed by atoms with Gasteiger partial charge in [-0.05, 0) is 23.8 Å². The molecule has 0 aliphatic rings. The van der Waals surface area contributed by atoms with Gasteiger partial charge in [0.1, 0.15) is 0 Å². The molecule has 0 radical (unpaired) electrons. The van der Waals surface area contributed by atoms with Crippen LogP contribution in [-0.4, -0.2) is 14.6 Å². The van der Waals surface area contributed by atoms with Crippen LogP contribution in [0.25, 0.3) is 22.4 Å². The third-order valence-corrected chi connectivity index (χ3v) is 4.94. The van der Waals surface area contributed by atoms with Crippen molar-refractivity contribution >= 4 is 38.3 Å². The molecule has 0 aliphatic carbocycles. The van der Waals surface area contributed by atoms with Gasteiger partial charge in [-0.15, -0.1) is 10.2 Å². The molecule has 2 aromatic carbocycles. The zero-order valence-electron chi connectivity index (χ0n) is 11.8. The van der Waals surface area contributed by atoms with Gasteiger partial charge in [0.15, 0.2) is 5.82 Å². The Hall–Kier alpha value is -2.31. The third kappa shape index (κ3) is 2.60. The highest BCUT2D eigenvalue weighted by Gasteiger charge is 2.13. The third-order valence-electron chi connectivity index (χ3n) is 3.45. The number of aromatic nitrogens is 3. The number of fused-ring (bicyclic) bond motifs is 1. The first-order valence-corrected chi connectivity index (χ1v) is 8.54. The van der Waals surface area contributed by atoms with Crippen molar-refractivity contribution < 1.29 is 0 Å². The fourth-order valence-corrected chi connectivity index (χ4v) is 3.52. The first-order valence-electron chi connectivity index (χ1n) is 6.93. The minimum Gasteiger partial charge on any atom is -0.267 e. The molecule has 0 unspecified atom stereocenters. The molecule has 0 saturated heterocycles. The first kappa shape index (κ1) is 14.3. The number of thiazole rings is 1. The maximum atomic E-state index is 12.7. The summed E-state index contributed by atoms with van der Waals surface area (Å²) in [6.07, 6.45) is 1.88. The standard InChI is InChI=1S/C17H10BrN3OS/c18-13-8-6-11(7-9-13)10-14-16(22)21-15(19-20-17(21)23-14)12-4-2-1-3-5-12/h1-10H. The van der Waals surface area contributed by atoms with Crippen LogP contribution in [0.1, 0.15) is 5.56 Å². The molecule has 4 aromatic rings. The summed E-state index contributed by atoms with van der Waals surface area (Å²) in [4.78, 5) is 13.3. The zero-order valence-corrected chi connectivity index (χ0v) is 14.2. The second kappa shape index (κ2) is 5.72. The van der Waals surface area contributed by atoms with E-state index in [0.717, 1.165) is 15.6 Å². The van der Waals surface area contributed by atoms with E-state index in [9.17, 15) is 4.79 Å². The topological polar surface area (TPSA) is 47.3 Å². The summed E-state index contributed by atoms with van der Waals surface area (Å²) in [5.41, 5.74) is 1.77. The SMILES string of the molecule is O=c1c(=Cc2ccc(Br)cc2)sc2nnc(-c3ccccc3)n12. The highest BCUT2D eigenvalue weighted by molar-refractivity contribution is 9.10. The van der Waals surface area contributed by atoms with Gasteiger partial charge in [-0.3, -0.25) is 4.79 Å². The summed E-state index contributed by atoms with van der Waals surface area (Å²) < 4.78 is 3.23. The van der Waals surface area contributed by atoms with E-state index in [0.29, 0.717) is 15.3 Å². The molecular formula is C17H10BrN3OS. The van der Waals surface area contributed by atoms with E-state index >= 15 is 0 Å². The number of hydrogen-bond donors (Lipinski definition) is 0. The lowest BCUT2D eigenvalue weighted by Crippen LogP contribution is -2.23. The summed E-state index contributed by atoms with van der Waals surface area (Å²) in [7, 11) is 0. The van der Waals surface area contributed by atoms with Crippen LogP contribution in [0, 0.1) is 0 Å². The second-order valence-corrected chi connectivity index (χ2v) is 6.90. The monoisotopic (exact) mass is 383 g/mol. The summed E-state index contributed by atoms with van der Waals surface area (Å²) in [5, 5.41) is 8.29. The van der Waals surface area contributed by atoms with E-state index < -0.39 is 0 Å². The fraction of sp³-hybridized carbons (Fsp3) is 0. The Morgan fingerprint density at radius 3 is 2.48 bits per heavy atom. The highest BCUT2D eigenvalue weighted by Crippen LogP contribution is 2.17. The van der Waals surface area contributed by atoms with E-state index in [1.807, 2.05) is 60.7 Å². The predicted octanol–water partition coefficient (Wildman–Crippen LogP) is 3.13. The molecule has 0 fully saturated rings. The van der Waals surface area contributed by atoms with Crippen molar-refractivity contribution in [2.24, 2.45) is 0 Å². The summed E-state index contributed by atoms with van der Waals surface area (Å²) in [5.74, 6) is 0.581. The largest absolute Gasteiger partial charge is 0.276 e. The molecular weight excluding hydrogens is 374 g/mol. The van der Waals surface area contributed by atoms with Crippen LogP contribution >= 0.6 is 27.3 Å². The molecule has 2 aromatic heterocycles. The number of rotatable bonds is 2. The molecule has 6 heteroatoms. The summed E-state index contributed by atoms with van der Waals surface area (Å²) >= 11 is 4.76. The minimum absolute atomic E-state index is 0.0863. The van der Waals surface area contributed by atoms with E-state index in [4.69, 9.17) is 0 Å². The van der Waals surface area contributed by atoms with Crippen molar-refractivity contribution in [1.82, 2.24) is 14.6 Å². The quantitative estimate of drug-likeness (QED) is 0.534. The molecule has 0 N–H and O–H groups in total. The second-order valence-electron chi connectivity index (χ2n) is 4.97.